The first-order chi connectivity index (χ1) is 15.3. The van der Waals surface area contributed by atoms with Crippen LogP contribution in [-0.4, -0.2) is 55.9 Å². The van der Waals surface area contributed by atoms with Gasteiger partial charge in [0.15, 0.2) is 0 Å². The normalized spacial score (nSPS) is 22.2. The second-order valence-corrected chi connectivity index (χ2v) is 9.69. The van der Waals surface area contributed by atoms with Crippen molar-refractivity contribution in [3.8, 4) is 0 Å². The van der Waals surface area contributed by atoms with Crippen LogP contribution in [0, 0.1) is 5.82 Å². The molecule has 4 rings (SSSR count). The number of nitrogens with zero attached hydrogens (tertiary/aromatic N) is 2. The summed E-state index contributed by atoms with van der Waals surface area (Å²) in [5, 5.41) is 2.74. The van der Waals surface area contributed by atoms with Gasteiger partial charge in [0.25, 0.3) is 5.91 Å². The van der Waals surface area contributed by atoms with Crippen molar-refractivity contribution < 1.29 is 27.1 Å². The van der Waals surface area contributed by atoms with Crippen LogP contribution in [0.25, 0.3) is 0 Å². The average Bonchev–Trinajstić information content (AvgIpc) is 3.05. The molecule has 2 saturated heterocycles. The fourth-order valence-electron chi connectivity index (χ4n) is 4.07. The number of benzene rings is 2. The Labute approximate surface area is 186 Å². The van der Waals surface area contributed by atoms with Gasteiger partial charge in [-0.1, -0.05) is 31.2 Å². The van der Waals surface area contributed by atoms with Crippen molar-refractivity contribution in [3.05, 3.63) is 65.5 Å². The number of hydrogen-bond donors (Lipinski definition) is 1. The van der Waals surface area contributed by atoms with E-state index in [9.17, 15) is 22.4 Å². The molecule has 0 spiro atoms. The molecule has 8 nitrogen and oxygen atoms in total. The third-order valence-corrected chi connectivity index (χ3v) is 7.78. The molecule has 170 valence electrons. The highest BCUT2D eigenvalue weighted by Gasteiger charge is 2.51. The van der Waals surface area contributed by atoms with Gasteiger partial charge < -0.3 is 10.1 Å². The monoisotopic (exact) mass is 461 g/mol. The summed E-state index contributed by atoms with van der Waals surface area (Å²) in [6.45, 7) is 2.90. The van der Waals surface area contributed by atoms with Crippen molar-refractivity contribution >= 4 is 22.0 Å². The summed E-state index contributed by atoms with van der Waals surface area (Å²) in [4.78, 5) is 27.2. The van der Waals surface area contributed by atoms with Crippen LogP contribution >= 0.6 is 0 Å². The van der Waals surface area contributed by atoms with Crippen LogP contribution in [-0.2, 0) is 31.6 Å². The molecule has 1 unspecified atom stereocenters. The van der Waals surface area contributed by atoms with Crippen molar-refractivity contribution in [3.63, 3.8) is 0 Å². The summed E-state index contributed by atoms with van der Waals surface area (Å²) in [5.74, 6) is -0.898. The molecule has 2 aromatic rings. The molecule has 2 heterocycles. The Morgan fingerprint density at radius 1 is 1.09 bits per heavy atom. The van der Waals surface area contributed by atoms with Gasteiger partial charge in [-0.05, 0) is 41.8 Å². The van der Waals surface area contributed by atoms with E-state index in [1.165, 1.54) is 40.7 Å². The zero-order chi connectivity index (χ0) is 22.9. The number of sulfonamides is 1. The lowest BCUT2D eigenvalue weighted by molar-refractivity contribution is -0.132. The molecule has 0 aromatic heterocycles. The Bertz CT molecular complexity index is 1130. The Morgan fingerprint density at radius 2 is 1.78 bits per heavy atom. The quantitative estimate of drug-likeness (QED) is 0.666. The van der Waals surface area contributed by atoms with Crippen LogP contribution in [0.1, 0.15) is 24.5 Å². The van der Waals surface area contributed by atoms with E-state index < -0.39 is 33.3 Å². The van der Waals surface area contributed by atoms with Gasteiger partial charge in [0, 0.05) is 13.1 Å². The van der Waals surface area contributed by atoms with Crippen molar-refractivity contribution in [2.24, 2.45) is 0 Å². The molecule has 0 aliphatic carbocycles. The maximum Gasteiger partial charge on any atom is 0.325 e. The van der Waals surface area contributed by atoms with Crippen molar-refractivity contribution in [1.29, 1.82) is 0 Å². The maximum absolute atomic E-state index is 13.4. The van der Waals surface area contributed by atoms with Crippen molar-refractivity contribution in [2.75, 3.05) is 26.3 Å². The minimum atomic E-state index is -3.71. The second-order valence-electron chi connectivity index (χ2n) is 7.75. The zero-order valence-corrected chi connectivity index (χ0v) is 18.4. The van der Waals surface area contributed by atoms with Crippen LogP contribution in [0.15, 0.2) is 53.4 Å². The van der Waals surface area contributed by atoms with Gasteiger partial charge >= 0.3 is 6.03 Å². The number of halogens is 1. The van der Waals surface area contributed by atoms with Crippen LogP contribution in [0.4, 0.5) is 9.18 Å². The molecule has 0 bridgehead atoms. The highest BCUT2D eigenvalue weighted by molar-refractivity contribution is 7.89. The van der Waals surface area contributed by atoms with E-state index in [0.717, 1.165) is 4.90 Å². The average molecular weight is 462 g/mol. The minimum absolute atomic E-state index is 0.0833. The van der Waals surface area contributed by atoms with E-state index in [2.05, 4.69) is 5.32 Å². The van der Waals surface area contributed by atoms with E-state index >= 15 is 0 Å². The van der Waals surface area contributed by atoms with E-state index in [1.54, 1.807) is 19.1 Å². The number of nitrogens with one attached hydrogen (secondary N) is 1. The summed E-state index contributed by atoms with van der Waals surface area (Å²) in [6, 6.07) is 11.1. The number of ether oxygens (including phenoxy) is 1. The number of morpholine rings is 1. The summed E-state index contributed by atoms with van der Waals surface area (Å²) in [5.41, 5.74) is -0.290. The Hall–Kier alpha value is -2.82. The van der Waals surface area contributed by atoms with Gasteiger partial charge in [0.1, 0.15) is 11.4 Å². The smallest absolute Gasteiger partial charge is 0.325 e. The van der Waals surface area contributed by atoms with Gasteiger partial charge in [0.05, 0.1) is 24.7 Å². The molecule has 2 aliphatic heterocycles. The third-order valence-electron chi connectivity index (χ3n) is 5.89. The topological polar surface area (TPSA) is 96.0 Å². The molecule has 32 heavy (non-hydrogen) atoms. The van der Waals surface area contributed by atoms with Crippen LogP contribution in [0.2, 0.25) is 0 Å². The number of amides is 3. The minimum Gasteiger partial charge on any atom is -0.379 e. The summed E-state index contributed by atoms with van der Waals surface area (Å²) < 4.78 is 45.8. The summed E-state index contributed by atoms with van der Waals surface area (Å²) in [6.07, 6.45) is 0.283. The van der Waals surface area contributed by atoms with Crippen LogP contribution in [0.3, 0.4) is 0 Å². The lowest BCUT2D eigenvalue weighted by Crippen LogP contribution is -2.43. The lowest BCUT2D eigenvalue weighted by atomic mass is 9.87. The fraction of sp³-hybridized carbons (Fsp3) is 0.364. The number of hydrogen-bond acceptors (Lipinski definition) is 5. The Kier molecular flexibility index (Phi) is 6.02. The van der Waals surface area contributed by atoms with Gasteiger partial charge in [0.2, 0.25) is 10.0 Å². The molecular weight excluding hydrogens is 437 g/mol. The number of carbonyl (C=O) groups excluding carboxylic acids is 2. The molecule has 3 amide bonds. The number of carbonyl (C=O) groups is 2. The number of imide groups is 1. The van der Waals surface area contributed by atoms with Crippen molar-refractivity contribution in [1.82, 2.24) is 14.5 Å². The molecule has 2 aromatic carbocycles. The second kappa shape index (κ2) is 8.61. The maximum atomic E-state index is 13.4. The summed E-state index contributed by atoms with van der Waals surface area (Å²) >= 11 is 0. The molecule has 1 atom stereocenters. The van der Waals surface area contributed by atoms with Crippen LogP contribution in [0.5, 0.6) is 0 Å². The van der Waals surface area contributed by atoms with Crippen LogP contribution < -0.4 is 5.32 Å². The molecular formula is C22H24FN3O5S. The van der Waals surface area contributed by atoms with Crippen molar-refractivity contribution in [2.45, 2.75) is 30.3 Å². The highest BCUT2D eigenvalue weighted by Crippen LogP contribution is 2.33. The first-order valence-electron chi connectivity index (χ1n) is 10.3. The third kappa shape index (κ3) is 3.89. The predicted octanol–water partition coefficient (Wildman–Crippen LogP) is 2.20. The van der Waals surface area contributed by atoms with E-state index in [-0.39, 0.29) is 31.0 Å². The molecule has 2 aliphatic rings. The first-order valence-corrected chi connectivity index (χ1v) is 11.8. The zero-order valence-electron chi connectivity index (χ0n) is 17.6. The van der Waals surface area contributed by atoms with Gasteiger partial charge in [-0.3, -0.25) is 9.69 Å². The fourth-order valence-corrected chi connectivity index (χ4v) is 5.55. The van der Waals surface area contributed by atoms with Gasteiger partial charge in [-0.15, -0.1) is 0 Å². The molecule has 2 fully saturated rings. The standard InChI is InChI=1S/C22H24FN3O5S/c1-2-22(17-6-8-18(23)9-7-17)20(27)26(21(28)24-22)15-16-4-3-5-19(14-16)32(29,30)25-10-12-31-13-11-25/h3-9,14H,2,10-13,15H2,1H3,(H,24,28). The molecule has 10 heteroatoms. The molecule has 0 radical (unpaired) electrons. The van der Waals surface area contributed by atoms with E-state index in [0.29, 0.717) is 24.3 Å². The highest BCUT2D eigenvalue weighted by atomic mass is 32.2. The Balaban J connectivity index is 1.59. The van der Waals surface area contributed by atoms with Gasteiger partial charge in [-0.2, -0.15) is 4.31 Å². The lowest BCUT2D eigenvalue weighted by Gasteiger charge is -2.26. The predicted molar refractivity (Wildman–Crippen MR) is 113 cm³/mol. The number of urea groups is 1. The Morgan fingerprint density at radius 3 is 2.44 bits per heavy atom. The summed E-state index contributed by atoms with van der Waals surface area (Å²) in [7, 11) is -3.71. The number of rotatable bonds is 6. The molecule has 0 saturated carbocycles. The first kappa shape index (κ1) is 22.4. The SMILES string of the molecule is CCC1(c2ccc(F)cc2)NC(=O)N(Cc2cccc(S(=O)(=O)N3CCOCC3)c2)C1=O. The van der Waals surface area contributed by atoms with Gasteiger partial charge in [-0.25, -0.2) is 17.6 Å². The van der Waals surface area contributed by atoms with E-state index in [1.807, 2.05) is 0 Å². The molecule has 1 N–H and O–H groups in total. The van der Waals surface area contributed by atoms with E-state index in [4.69, 9.17) is 4.74 Å². The largest absolute Gasteiger partial charge is 0.379 e.